The lowest BCUT2D eigenvalue weighted by atomic mass is 9.94. The number of fused-ring (bicyclic) bond motifs is 1. The standard InChI is InChI=1S/C20H23Cl2N7O/c1-12-3-16(28(2)20-17-7-26-27-19(17)24-11-25-20)10-29(9-12)18(30)8-23-15-5-13(21)4-14(22)6-15/h4-7,11-12,16,23H,3,8-10H2,1-2H3,(H,24,25,26,27). The van der Waals surface area contributed by atoms with Crippen LogP contribution in [0.1, 0.15) is 13.3 Å². The van der Waals surface area contributed by atoms with Gasteiger partial charge in [-0.1, -0.05) is 30.1 Å². The van der Waals surface area contributed by atoms with Gasteiger partial charge in [0.15, 0.2) is 5.65 Å². The van der Waals surface area contributed by atoms with Crippen LogP contribution in [0, 0.1) is 5.92 Å². The Hall–Kier alpha value is -2.58. The zero-order chi connectivity index (χ0) is 21.3. The zero-order valence-corrected chi connectivity index (χ0v) is 18.3. The van der Waals surface area contributed by atoms with Gasteiger partial charge in [-0.2, -0.15) is 5.10 Å². The van der Waals surface area contributed by atoms with Gasteiger partial charge in [-0.3, -0.25) is 9.89 Å². The molecule has 0 saturated carbocycles. The highest BCUT2D eigenvalue weighted by molar-refractivity contribution is 6.35. The van der Waals surface area contributed by atoms with E-state index in [4.69, 9.17) is 23.2 Å². The Balaban J connectivity index is 1.44. The van der Waals surface area contributed by atoms with Crippen molar-refractivity contribution in [3.8, 4) is 0 Å². The molecule has 2 N–H and O–H groups in total. The molecule has 2 aromatic heterocycles. The molecule has 3 heterocycles. The Labute approximate surface area is 184 Å². The molecule has 0 radical (unpaired) electrons. The summed E-state index contributed by atoms with van der Waals surface area (Å²) in [5.74, 6) is 1.22. The number of hydrogen-bond acceptors (Lipinski definition) is 6. The van der Waals surface area contributed by atoms with Crippen LogP contribution in [-0.4, -0.2) is 63.7 Å². The van der Waals surface area contributed by atoms with Crippen LogP contribution in [0.2, 0.25) is 10.0 Å². The van der Waals surface area contributed by atoms with Gasteiger partial charge in [0.05, 0.1) is 18.1 Å². The maximum Gasteiger partial charge on any atom is 0.241 e. The first kappa shape index (κ1) is 20.7. The van der Waals surface area contributed by atoms with Crippen molar-refractivity contribution in [2.45, 2.75) is 19.4 Å². The monoisotopic (exact) mass is 447 g/mol. The van der Waals surface area contributed by atoms with Crippen LogP contribution in [-0.2, 0) is 4.79 Å². The number of amides is 1. The fourth-order valence-electron chi connectivity index (χ4n) is 3.95. The Kier molecular flexibility index (Phi) is 5.97. The number of likely N-dealkylation sites (N-methyl/N-ethyl adjacent to an activating group) is 1. The van der Waals surface area contributed by atoms with Gasteiger partial charge in [-0.15, -0.1) is 0 Å². The summed E-state index contributed by atoms with van der Waals surface area (Å²) in [5.41, 5.74) is 1.43. The van der Waals surface area contributed by atoms with E-state index in [9.17, 15) is 4.79 Å². The molecule has 10 heteroatoms. The molecule has 158 valence electrons. The summed E-state index contributed by atoms with van der Waals surface area (Å²) in [4.78, 5) is 25.6. The second-order valence-electron chi connectivity index (χ2n) is 7.75. The molecule has 0 bridgehead atoms. The number of H-pyrrole nitrogens is 1. The Morgan fingerprint density at radius 1 is 1.27 bits per heavy atom. The van der Waals surface area contributed by atoms with Crippen molar-refractivity contribution in [1.29, 1.82) is 0 Å². The lowest BCUT2D eigenvalue weighted by molar-refractivity contribution is -0.131. The van der Waals surface area contributed by atoms with E-state index in [1.165, 1.54) is 6.33 Å². The smallest absolute Gasteiger partial charge is 0.241 e. The molecule has 3 aromatic rings. The predicted molar refractivity (Wildman–Crippen MR) is 119 cm³/mol. The van der Waals surface area contributed by atoms with Gasteiger partial charge in [-0.05, 0) is 30.5 Å². The summed E-state index contributed by atoms with van der Waals surface area (Å²) in [6.07, 6.45) is 4.24. The first-order valence-electron chi connectivity index (χ1n) is 9.75. The minimum absolute atomic E-state index is 0.0344. The van der Waals surface area contributed by atoms with Crippen molar-refractivity contribution in [3.63, 3.8) is 0 Å². The second kappa shape index (κ2) is 8.65. The second-order valence-corrected chi connectivity index (χ2v) is 8.62. The van der Waals surface area contributed by atoms with Gasteiger partial charge in [0.25, 0.3) is 0 Å². The first-order valence-corrected chi connectivity index (χ1v) is 10.5. The maximum atomic E-state index is 12.9. The highest BCUT2D eigenvalue weighted by Gasteiger charge is 2.31. The summed E-state index contributed by atoms with van der Waals surface area (Å²) < 4.78 is 0. The fraction of sp³-hybridized carbons (Fsp3) is 0.400. The number of nitrogens with zero attached hydrogens (tertiary/aromatic N) is 5. The predicted octanol–water partition coefficient (Wildman–Crippen LogP) is 3.45. The van der Waals surface area contributed by atoms with E-state index in [1.807, 2.05) is 11.9 Å². The molecule has 1 aromatic carbocycles. The quantitative estimate of drug-likeness (QED) is 0.622. The minimum Gasteiger partial charge on any atom is -0.376 e. The molecule has 8 nitrogen and oxygen atoms in total. The molecule has 1 saturated heterocycles. The maximum absolute atomic E-state index is 12.9. The molecule has 2 atom stereocenters. The molecule has 2 unspecified atom stereocenters. The average Bonchev–Trinajstić information content (AvgIpc) is 3.19. The van der Waals surface area contributed by atoms with Crippen LogP contribution in [0.25, 0.3) is 11.0 Å². The Morgan fingerprint density at radius 2 is 2.03 bits per heavy atom. The number of carbonyl (C=O) groups excluding carboxylic acids is 1. The summed E-state index contributed by atoms with van der Waals surface area (Å²) in [6, 6.07) is 5.31. The summed E-state index contributed by atoms with van der Waals surface area (Å²) in [5, 5.41) is 12.0. The van der Waals surface area contributed by atoms with Crippen LogP contribution < -0.4 is 10.2 Å². The first-order chi connectivity index (χ1) is 14.4. The van der Waals surface area contributed by atoms with E-state index in [-0.39, 0.29) is 18.5 Å². The molecule has 1 fully saturated rings. The third-order valence-electron chi connectivity index (χ3n) is 5.41. The number of carbonyl (C=O) groups is 1. The number of likely N-dealkylation sites (tertiary alicyclic amines) is 1. The number of halogens is 2. The summed E-state index contributed by atoms with van der Waals surface area (Å²) in [6.45, 7) is 3.70. The SMILES string of the molecule is CC1CC(N(C)c2ncnc3[nH]ncc23)CN(C(=O)CNc2cc(Cl)cc(Cl)c2)C1. The topological polar surface area (TPSA) is 90.0 Å². The van der Waals surface area contributed by atoms with E-state index in [0.717, 1.165) is 29.9 Å². The number of rotatable bonds is 5. The van der Waals surface area contributed by atoms with E-state index in [1.54, 1.807) is 24.4 Å². The lowest BCUT2D eigenvalue weighted by Gasteiger charge is -2.41. The van der Waals surface area contributed by atoms with Crippen molar-refractivity contribution >= 4 is 51.6 Å². The minimum atomic E-state index is 0.0344. The molecule has 1 amide bonds. The highest BCUT2D eigenvalue weighted by Crippen LogP contribution is 2.27. The number of benzene rings is 1. The van der Waals surface area contributed by atoms with Crippen molar-refractivity contribution in [2.24, 2.45) is 5.92 Å². The molecular formula is C20H23Cl2N7O. The number of nitrogens with one attached hydrogen (secondary N) is 2. The van der Waals surface area contributed by atoms with Gasteiger partial charge >= 0.3 is 0 Å². The zero-order valence-electron chi connectivity index (χ0n) is 16.8. The van der Waals surface area contributed by atoms with Crippen LogP contribution in [0.5, 0.6) is 0 Å². The average molecular weight is 448 g/mol. The van der Waals surface area contributed by atoms with E-state index < -0.39 is 0 Å². The van der Waals surface area contributed by atoms with Gasteiger partial charge in [0.1, 0.15) is 12.1 Å². The third kappa shape index (κ3) is 4.44. The van der Waals surface area contributed by atoms with Gasteiger partial charge in [-0.25, -0.2) is 9.97 Å². The highest BCUT2D eigenvalue weighted by atomic mass is 35.5. The number of anilines is 2. The molecule has 1 aliphatic rings. The van der Waals surface area contributed by atoms with Crippen molar-refractivity contribution in [1.82, 2.24) is 25.1 Å². The van der Waals surface area contributed by atoms with Crippen LogP contribution in [0.4, 0.5) is 11.5 Å². The number of aromatic nitrogens is 4. The van der Waals surface area contributed by atoms with E-state index in [2.05, 4.69) is 37.3 Å². The fourth-order valence-corrected chi connectivity index (χ4v) is 4.48. The van der Waals surface area contributed by atoms with Crippen LogP contribution >= 0.6 is 23.2 Å². The summed E-state index contributed by atoms with van der Waals surface area (Å²) >= 11 is 12.1. The molecule has 30 heavy (non-hydrogen) atoms. The van der Waals surface area contributed by atoms with Crippen LogP contribution in [0.3, 0.4) is 0 Å². The van der Waals surface area contributed by atoms with E-state index >= 15 is 0 Å². The number of piperidine rings is 1. The van der Waals surface area contributed by atoms with E-state index in [0.29, 0.717) is 28.2 Å². The van der Waals surface area contributed by atoms with Gasteiger partial charge < -0.3 is 15.1 Å². The van der Waals surface area contributed by atoms with Gasteiger partial charge in [0.2, 0.25) is 5.91 Å². The molecular weight excluding hydrogens is 425 g/mol. The normalized spacial score (nSPS) is 19.1. The lowest BCUT2D eigenvalue weighted by Crippen LogP contribution is -2.52. The summed E-state index contributed by atoms with van der Waals surface area (Å²) in [7, 11) is 2.01. The van der Waals surface area contributed by atoms with Crippen molar-refractivity contribution in [2.75, 3.05) is 36.9 Å². The van der Waals surface area contributed by atoms with Crippen molar-refractivity contribution < 1.29 is 4.79 Å². The number of hydrogen-bond donors (Lipinski definition) is 2. The molecule has 0 aliphatic carbocycles. The number of aromatic amines is 1. The molecule has 1 aliphatic heterocycles. The molecule has 4 rings (SSSR count). The third-order valence-corrected chi connectivity index (χ3v) is 5.84. The van der Waals surface area contributed by atoms with Crippen LogP contribution in [0.15, 0.2) is 30.7 Å². The molecule has 0 spiro atoms. The Bertz CT molecular complexity index is 1040. The Morgan fingerprint density at radius 3 is 2.80 bits per heavy atom. The van der Waals surface area contributed by atoms with Gasteiger partial charge in [0, 0.05) is 41.9 Å². The van der Waals surface area contributed by atoms with Crippen molar-refractivity contribution in [3.05, 3.63) is 40.8 Å². The largest absolute Gasteiger partial charge is 0.376 e.